The van der Waals surface area contributed by atoms with Crippen molar-refractivity contribution >= 4 is 13.8 Å². The Morgan fingerprint density at radius 2 is 0.893 bits per heavy atom. The number of aliphatic hydroxyl groups is 1. The lowest BCUT2D eigenvalue weighted by Gasteiger charge is -2.15. The number of carbonyl (C=O) groups is 1. The Labute approximate surface area is 343 Å². The SMILES string of the molecule is CC/C=C\C/C=C\C/C=C\C/C=C\C/C=C\C/C=C\CCCCCCCCCCCCCCCCCCCCCCC(=O)OCC(O)COP(=O)(O)OCCN. The minimum absolute atomic E-state index is 0.0735. The zero-order valence-corrected chi connectivity index (χ0v) is 36.5. The molecular formula is C47H84NO7P. The maximum absolute atomic E-state index is 11.9. The van der Waals surface area contributed by atoms with Crippen LogP contribution in [-0.4, -0.2) is 48.4 Å². The molecule has 0 aromatic heterocycles. The van der Waals surface area contributed by atoms with E-state index in [2.05, 4.69) is 88.9 Å². The molecule has 56 heavy (non-hydrogen) atoms. The topological polar surface area (TPSA) is 128 Å². The number of ether oxygens (including phenoxy) is 1. The van der Waals surface area contributed by atoms with E-state index in [0.717, 1.165) is 57.8 Å². The van der Waals surface area contributed by atoms with Crippen molar-refractivity contribution in [1.29, 1.82) is 0 Å². The third-order valence-corrected chi connectivity index (χ3v) is 10.3. The number of unbranched alkanes of at least 4 members (excludes halogenated alkanes) is 20. The van der Waals surface area contributed by atoms with E-state index in [1.807, 2.05) is 0 Å². The van der Waals surface area contributed by atoms with Crippen molar-refractivity contribution in [1.82, 2.24) is 0 Å². The summed E-state index contributed by atoms with van der Waals surface area (Å²) >= 11 is 0. The lowest BCUT2D eigenvalue weighted by atomic mass is 10.0. The molecule has 0 rings (SSSR count). The number of phosphoric acid groups is 1. The Balaban J connectivity index is 3.35. The van der Waals surface area contributed by atoms with Crippen LogP contribution in [0.2, 0.25) is 0 Å². The second kappa shape index (κ2) is 44.1. The van der Waals surface area contributed by atoms with Gasteiger partial charge in [-0.25, -0.2) is 4.57 Å². The number of allylic oxidation sites excluding steroid dienone is 12. The number of nitrogens with two attached hydrogens (primary N) is 1. The molecule has 0 bridgehead atoms. The van der Waals surface area contributed by atoms with E-state index in [0.29, 0.717) is 6.42 Å². The van der Waals surface area contributed by atoms with Crippen LogP contribution in [-0.2, 0) is 23.1 Å². The molecule has 0 fully saturated rings. The van der Waals surface area contributed by atoms with E-state index >= 15 is 0 Å². The van der Waals surface area contributed by atoms with E-state index in [-0.39, 0.29) is 25.7 Å². The van der Waals surface area contributed by atoms with Gasteiger partial charge in [-0.05, 0) is 57.8 Å². The smallest absolute Gasteiger partial charge is 0.463 e. The number of carbonyl (C=O) groups excluding carboxylic acids is 1. The Morgan fingerprint density at radius 1 is 0.536 bits per heavy atom. The first-order valence-corrected chi connectivity index (χ1v) is 24.0. The summed E-state index contributed by atoms with van der Waals surface area (Å²) in [6.07, 6.45) is 59.6. The highest BCUT2D eigenvalue weighted by Gasteiger charge is 2.22. The molecule has 9 heteroatoms. The highest BCUT2D eigenvalue weighted by atomic mass is 31.2. The molecule has 0 radical (unpaired) electrons. The fourth-order valence-corrected chi connectivity index (χ4v) is 6.82. The first kappa shape index (κ1) is 53.9. The molecular weight excluding hydrogens is 721 g/mol. The molecule has 4 N–H and O–H groups in total. The Kier molecular flexibility index (Phi) is 42.4. The van der Waals surface area contributed by atoms with Crippen LogP contribution < -0.4 is 5.73 Å². The van der Waals surface area contributed by atoms with Gasteiger partial charge in [0.15, 0.2) is 0 Å². The van der Waals surface area contributed by atoms with Gasteiger partial charge in [0.05, 0.1) is 13.2 Å². The van der Waals surface area contributed by atoms with Crippen LogP contribution in [0.3, 0.4) is 0 Å². The molecule has 0 heterocycles. The number of hydrogen-bond donors (Lipinski definition) is 3. The van der Waals surface area contributed by atoms with Crippen molar-refractivity contribution in [2.45, 2.75) is 193 Å². The van der Waals surface area contributed by atoms with Crippen LogP contribution in [0.25, 0.3) is 0 Å². The molecule has 0 aliphatic rings. The van der Waals surface area contributed by atoms with Gasteiger partial charge in [-0.1, -0.05) is 195 Å². The van der Waals surface area contributed by atoms with Crippen LogP contribution in [0.5, 0.6) is 0 Å². The van der Waals surface area contributed by atoms with Gasteiger partial charge in [-0.2, -0.15) is 0 Å². The van der Waals surface area contributed by atoms with Crippen molar-refractivity contribution in [3.05, 3.63) is 72.9 Å². The molecule has 8 nitrogen and oxygen atoms in total. The number of aliphatic hydroxyl groups excluding tert-OH is 1. The lowest BCUT2D eigenvalue weighted by Crippen LogP contribution is -2.23. The third-order valence-electron chi connectivity index (χ3n) is 9.34. The summed E-state index contributed by atoms with van der Waals surface area (Å²) in [5.41, 5.74) is 5.21. The molecule has 0 saturated heterocycles. The van der Waals surface area contributed by atoms with Crippen LogP contribution >= 0.6 is 7.82 Å². The molecule has 0 aromatic rings. The minimum atomic E-state index is -4.25. The quantitative estimate of drug-likeness (QED) is 0.0241. The summed E-state index contributed by atoms with van der Waals surface area (Å²) in [7, 11) is -4.25. The van der Waals surface area contributed by atoms with Crippen LogP contribution in [0.4, 0.5) is 0 Å². The van der Waals surface area contributed by atoms with Crippen molar-refractivity contribution in [3.8, 4) is 0 Å². The normalized spacial score (nSPS) is 14.1. The summed E-state index contributed by atoms with van der Waals surface area (Å²) in [6, 6.07) is 0. The molecule has 0 aliphatic heterocycles. The first-order chi connectivity index (χ1) is 27.4. The van der Waals surface area contributed by atoms with Crippen LogP contribution in [0, 0.1) is 0 Å². The van der Waals surface area contributed by atoms with Gasteiger partial charge in [0.25, 0.3) is 0 Å². The maximum Gasteiger partial charge on any atom is 0.472 e. The van der Waals surface area contributed by atoms with Gasteiger partial charge < -0.3 is 20.5 Å². The van der Waals surface area contributed by atoms with E-state index in [1.54, 1.807) is 0 Å². The van der Waals surface area contributed by atoms with E-state index in [1.165, 1.54) is 116 Å². The maximum atomic E-state index is 11.9. The molecule has 324 valence electrons. The summed E-state index contributed by atoms with van der Waals surface area (Å²) in [5.74, 6) is -0.384. The van der Waals surface area contributed by atoms with Gasteiger partial charge in [-0.3, -0.25) is 13.8 Å². The van der Waals surface area contributed by atoms with Crippen molar-refractivity contribution in [3.63, 3.8) is 0 Å². The molecule has 0 amide bonds. The highest BCUT2D eigenvalue weighted by molar-refractivity contribution is 7.47. The highest BCUT2D eigenvalue weighted by Crippen LogP contribution is 2.42. The largest absolute Gasteiger partial charge is 0.472 e. The molecule has 0 aromatic carbocycles. The fourth-order valence-electron chi connectivity index (χ4n) is 6.05. The second-order valence-corrected chi connectivity index (χ2v) is 16.2. The number of phosphoric ester groups is 1. The molecule has 0 spiro atoms. The zero-order valence-electron chi connectivity index (χ0n) is 35.6. The molecule has 0 aliphatic carbocycles. The Hall–Kier alpha value is -2.06. The molecule has 2 atom stereocenters. The number of hydrogen-bond acceptors (Lipinski definition) is 7. The summed E-state index contributed by atoms with van der Waals surface area (Å²) in [4.78, 5) is 21.3. The predicted octanol–water partition coefficient (Wildman–Crippen LogP) is 13.3. The zero-order chi connectivity index (χ0) is 40.9. The predicted molar refractivity (Wildman–Crippen MR) is 238 cm³/mol. The van der Waals surface area contributed by atoms with Gasteiger partial charge in [-0.15, -0.1) is 0 Å². The third kappa shape index (κ3) is 44.7. The van der Waals surface area contributed by atoms with Crippen molar-refractivity contribution < 1.29 is 33.1 Å². The standard InChI is InChI=1S/C47H84NO7P/c1-2-3-4-5-6-7-8-9-10-11-12-13-14-15-16-17-18-19-20-21-22-23-24-25-26-27-28-29-30-31-32-33-34-35-36-37-38-39-40-41-47(50)53-44-46(49)45-55-56(51,52)54-43-42-48/h3-4,6-7,9-10,12-13,15-16,18-19,46,49H,2,5,8,11,14,17,20-45,48H2,1H3,(H,51,52)/b4-3-,7-6-,10-9-,13-12-,16-15-,19-18-. The van der Waals surface area contributed by atoms with E-state index < -0.39 is 20.5 Å². The lowest BCUT2D eigenvalue weighted by molar-refractivity contribution is -0.147. The van der Waals surface area contributed by atoms with Gasteiger partial charge >= 0.3 is 13.8 Å². The van der Waals surface area contributed by atoms with Gasteiger partial charge in [0.2, 0.25) is 0 Å². The Bertz CT molecular complexity index is 1080. The fraction of sp³-hybridized carbons (Fsp3) is 0.723. The van der Waals surface area contributed by atoms with Gasteiger partial charge in [0, 0.05) is 13.0 Å². The molecule has 2 unspecified atom stereocenters. The number of esters is 1. The van der Waals surface area contributed by atoms with Crippen molar-refractivity contribution in [2.75, 3.05) is 26.4 Å². The first-order valence-electron chi connectivity index (χ1n) is 22.5. The molecule has 0 saturated carbocycles. The Morgan fingerprint density at radius 3 is 1.29 bits per heavy atom. The second-order valence-electron chi connectivity index (χ2n) is 14.7. The summed E-state index contributed by atoms with van der Waals surface area (Å²) in [6.45, 7) is 1.35. The average molecular weight is 806 g/mol. The summed E-state index contributed by atoms with van der Waals surface area (Å²) < 4.78 is 25.8. The van der Waals surface area contributed by atoms with E-state index in [9.17, 15) is 19.4 Å². The van der Waals surface area contributed by atoms with Gasteiger partial charge in [0.1, 0.15) is 12.7 Å². The van der Waals surface area contributed by atoms with Crippen LogP contribution in [0.1, 0.15) is 187 Å². The summed E-state index contributed by atoms with van der Waals surface area (Å²) in [5, 5.41) is 9.78. The monoisotopic (exact) mass is 806 g/mol. The number of rotatable bonds is 42. The van der Waals surface area contributed by atoms with Crippen LogP contribution in [0.15, 0.2) is 72.9 Å². The van der Waals surface area contributed by atoms with E-state index in [4.69, 9.17) is 10.5 Å². The average Bonchev–Trinajstić information content (AvgIpc) is 3.19. The minimum Gasteiger partial charge on any atom is -0.463 e. The van der Waals surface area contributed by atoms with Crippen molar-refractivity contribution in [2.24, 2.45) is 5.73 Å².